The number of hydrogen-bond acceptors (Lipinski definition) is 4. The fourth-order valence-corrected chi connectivity index (χ4v) is 2.77. The highest BCUT2D eigenvalue weighted by Crippen LogP contribution is 2.19. The molecule has 0 aromatic heterocycles. The average molecular weight is 359 g/mol. The molecule has 1 fully saturated rings. The summed E-state index contributed by atoms with van der Waals surface area (Å²) >= 11 is 0. The average Bonchev–Trinajstić information content (AvgIpc) is 2.54. The molecule has 7 heteroatoms. The van der Waals surface area contributed by atoms with E-state index in [-0.39, 0.29) is 60.3 Å². The minimum atomic E-state index is -0.582. The lowest BCUT2D eigenvalue weighted by atomic mass is 9.91. The van der Waals surface area contributed by atoms with Crippen molar-refractivity contribution in [2.45, 2.75) is 50.6 Å². The van der Waals surface area contributed by atoms with Crippen molar-refractivity contribution >= 4 is 24.1 Å². The third-order valence-electron chi connectivity index (χ3n) is 4.19. The summed E-state index contributed by atoms with van der Waals surface area (Å²) in [6.45, 7) is 0. The highest BCUT2D eigenvalue weighted by atomic mass is 35.5. The van der Waals surface area contributed by atoms with Crippen LogP contribution in [0.2, 0.25) is 0 Å². The molecule has 0 atom stereocenters. The molecule has 0 spiro atoms. The summed E-state index contributed by atoms with van der Waals surface area (Å²) in [5.74, 6) is -0.892. The largest absolute Gasteiger partial charge is 0.494 e. The maximum Gasteiger partial charge on any atom is 0.220 e. The van der Waals surface area contributed by atoms with Gasteiger partial charge in [0.05, 0.1) is 7.11 Å². The third kappa shape index (κ3) is 5.76. The molecule has 0 heterocycles. The zero-order valence-corrected chi connectivity index (χ0v) is 14.5. The molecule has 1 saturated carbocycles. The van der Waals surface area contributed by atoms with Crippen molar-refractivity contribution < 1.29 is 18.7 Å². The second kappa shape index (κ2) is 9.59. The zero-order valence-electron chi connectivity index (χ0n) is 13.7. The minimum Gasteiger partial charge on any atom is -0.494 e. The Bertz CT molecular complexity index is 575. The summed E-state index contributed by atoms with van der Waals surface area (Å²) < 4.78 is 18.4. The summed E-state index contributed by atoms with van der Waals surface area (Å²) in [5.41, 5.74) is 6.08. The lowest BCUT2D eigenvalue weighted by Gasteiger charge is -2.26. The van der Waals surface area contributed by atoms with E-state index in [1.165, 1.54) is 19.2 Å². The van der Waals surface area contributed by atoms with Gasteiger partial charge in [-0.15, -0.1) is 12.4 Å². The first kappa shape index (κ1) is 20.4. The first-order chi connectivity index (χ1) is 11.0. The lowest BCUT2D eigenvalue weighted by molar-refractivity contribution is -0.122. The van der Waals surface area contributed by atoms with Gasteiger partial charge in [0.25, 0.3) is 0 Å². The number of carbonyl (C=O) groups excluding carboxylic acids is 2. The Labute approximate surface area is 147 Å². The number of benzene rings is 1. The van der Waals surface area contributed by atoms with E-state index in [2.05, 4.69) is 5.32 Å². The van der Waals surface area contributed by atoms with Crippen LogP contribution < -0.4 is 15.8 Å². The first-order valence-electron chi connectivity index (χ1n) is 7.91. The summed E-state index contributed by atoms with van der Waals surface area (Å²) in [4.78, 5) is 23.9. The first-order valence-corrected chi connectivity index (χ1v) is 7.91. The second-order valence-corrected chi connectivity index (χ2v) is 5.95. The Morgan fingerprint density at radius 3 is 2.50 bits per heavy atom. The highest BCUT2D eigenvalue weighted by Gasteiger charge is 2.20. The molecule has 1 amide bonds. The summed E-state index contributed by atoms with van der Waals surface area (Å²) in [7, 11) is 1.36. The fraction of sp³-hybridized carbons (Fsp3) is 0.529. The Balaban J connectivity index is 0.00000288. The summed E-state index contributed by atoms with van der Waals surface area (Å²) in [5, 5.41) is 2.94. The number of methoxy groups -OCH3 is 1. The van der Waals surface area contributed by atoms with Gasteiger partial charge < -0.3 is 15.8 Å². The predicted octanol–water partition coefficient (Wildman–Crippen LogP) is 2.61. The monoisotopic (exact) mass is 358 g/mol. The van der Waals surface area contributed by atoms with E-state index < -0.39 is 5.82 Å². The minimum absolute atomic E-state index is 0. The summed E-state index contributed by atoms with van der Waals surface area (Å²) in [6, 6.07) is 4.44. The number of rotatable bonds is 6. The molecule has 0 aliphatic heterocycles. The topological polar surface area (TPSA) is 81.4 Å². The van der Waals surface area contributed by atoms with Gasteiger partial charge >= 0.3 is 0 Å². The van der Waals surface area contributed by atoms with Gasteiger partial charge in [-0.25, -0.2) is 4.39 Å². The van der Waals surface area contributed by atoms with Crippen molar-refractivity contribution in [2.75, 3.05) is 7.11 Å². The van der Waals surface area contributed by atoms with Gasteiger partial charge in [0.15, 0.2) is 17.3 Å². The molecule has 2 rings (SSSR count). The smallest absolute Gasteiger partial charge is 0.220 e. The number of ether oxygens (including phenoxy) is 1. The molecule has 1 aromatic rings. The van der Waals surface area contributed by atoms with Gasteiger partial charge in [0.2, 0.25) is 5.91 Å². The van der Waals surface area contributed by atoms with Gasteiger partial charge in [-0.1, -0.05) is 0 Å². The van der Waals surface area contributed by atoms with Crippen LogP contribution >= 0.6 is 12.4 Å². The number of nitrogens with one attached hydrogen (secondary N) is 1. The molecule has 134 valence electrons. The van der Waals surface area contributed by atoms with Crippen LogP contribution in [-0.2, 0) is 4.79 Å². The van der Waals surface area contributed by atoms with Gasteiger partial charge in [0, 0.05) is 30.5 Å². The number of hydrogen-bond donors (Lipinski definition) is 2. The molecule has 5 nitrogen and oxygen atoms in total. The van der Waals surface area contributed by atoms with E-state index in [9.17, 15) is 14.0 Å². The van der Waals surface area contributed by atoms with Crippen LogP contribution in [0.15, 0.2) is 18.2 Å². The molecule has 0 unspecified atom stereocenters. The quantitative estimate of drug-likeness (QED) is 0.766. The molecular weight excluding hydrogens is 335 g/mol. The third-order valence-corrected chi connectivity index (χ3v) is 4.19. The number of carbonyl (C=O) groups is 2. The van der Waals surface area contributed by atoms with E-state index in [4.69, 9.17) is 10.5 Å². The van der Waals surface area contributed by atoms with Gasteiger partial charge in [-0.2, -0.15) is 0 Å². The van der Waals surface area contributed by atoms with Crippen LogP contribution in [0, 0.1) is 5.82 Å². The van der Waals surface area contributed by atoms with E-state index >= 15 is 0 Å². The van der Waals surface area contributed by atoms with E-state index in [0.29, 0.717) is 0 Å². The molecule has 0 radical (unpaired) electrons. The number of Topliss-reactive ketones (excluding diaryl/α,β-unsaturated/α-hetero) is 1. The summed E-state index contributed by atoms with van der Waals surface area (Å²) in [6.07, 6.45) is 3.75. The van der Waals surface area contributed by atoms with Crippen LogP contribution in [-0.4, -0.2) is 30.9 Å². The van der Waals surface area contributed by atoms with Crippen molar-refractivity contribution in [3.8, 4) is 5.75 Å². The SMILES string of the molecule is COc1ccc(C(=O)CCC(=O)NC2CCC(N)CC2)cc1F.Cl. The number of nitrogens with two attached hydrogens (primary N) is 1. The van der Waals surface area contributed by atoms with Crippen LogP contribution in [0.4, 0.5) is 4.39 Å². The molecule has 1 aromatic carbocycles. The van der Waals surface area contributed by atoms with Crippen LogP contribution in [0.5, 0.6) is 5.75 Å². The van der Waals surface area contributed by atoms with Crippen molar-refractivity contribution in [1.29, 1.82) is 0 Å². The normalized spacial score (nSPS) is 20.0. The fourth-order valence-electron chi connectivity index (χ4n) is 2.77. The van der Waals surface area contributed by atoms with Gasteiger partial charge in [-0.3, -0.25) is 9.59 Å². The molecule has 0 saturated heterocycles. The van der Waals surface area contributed by atoms with Crippen LogP contribution in [0.1, 0.15) is 48.9 Å². The van der Waals surface area contributed by atoms with Gasteiger partial charge in [0.1, 0.15) is 0 Å². The molecule has 24 heavy (non-hydrogen) atoms. The molecular formula is C17H24ClFN2O3. The molecule has 1 aliphatic rings. The molecule has 1 aliphatic carbocycles. The maximum absolute atomic E-state index is 13.6. The predicted molar refractivity (Wildman–Crippen MR) is 92.1 cm³/mol. The zero-order chi connectivity index (χ0) is 16.8. The highest BCUT2D eigenvalue weighted by molar-refractivity contribution is 5.98. The Kier molecular flexibility index (Phi) is 8.15. The Morgan fingerprint density at radius 1 is 1.25 bits per heavy atom. The van der Waals surface area contributed by atoms with Crippen molar-refractivity contribution in [3.63, 3.8) is 0 Å². The van der Waals surface area contributed by atoms with Crippen LogP contribution in [0.3, 0.4) is 0 Å². The Morgan fingerprint density at radius 2 is 1.92 bits per heavy atom. The molecule has 3 N–H and O–H groups in total. The van der Waals surface area contributed by atoms with Crippen molar-refractivity contribution in [1.82, 2.24) is 5.32 Å². The standard InChI is InChI=1S/C17H23FN2O3.ClH/c1-23-16-8-2-11(10-14(16)18)15(21)7-9-17(22)20-13-5-3-12(19)4-6-13;/h2,8,10,12-13H,3-7,9,19H2,1H3,(H,20,22);1H. The van der Waals surface area contributed by atoms with Gasteiger partial charge in [-0.05, 0) is 43.9 Å². The number of amides is 1. The van der Waals surface area contributed by atoms with E-state index in [0.717, 1.165) is 31.7 Å². The lowest BCUT2D eigenvalue weighted by Crippen LogP contribution is -2.40. The van der Waals surface area contributed by atoms with Crippen LogP contribution in [0.25, 0.3) is 0 Å². The molecule has 0 bridgehead atoms. The maximum atomic E-state index is 13.6. The van der Waals surface area contributed by atoms with Crippen molar-refractivity contribution in [3.05, 3.63) is 29.6 Å². The number of ketones is 1. The second-order valence-electron chi connectivity index (χ2n) is 5.95. The van der Waals surface area contributed by atoms with E-state index in [1.807, 2.05) is 0 Å². The number of halogens is 2. The van der Waals surface area contributed by atoms with Crippen molar-refractivity contribution in [2.24, 2.45) is 5.73 Å². The van der Waals surface area contributed by atoms with E-state index in [1.54, 1.807) is 0 Å². The Hall–Kier alpha value is -1.66.